The van der Waals surface area contributed by atoms with Crippen LogP contribution in [-0.2, 0) is 14.3 Å². The molecule has 1 unspecified atom stereocenters. The third-order valence-corrected chi connectivity index (χ3v) is 4.49. The monoisotopic (exact) mass is 308 g/mol. The summed E-state index contributed by atoms with van der Waals surface area (Å²) in [7, 11) is 1.67. The number of hydrogen-bond donors (Lipinski definition) is 1. The lowest BCUT2D eigenvalue weighted by atomic mass is 10.2. The highest BCUT2D eigenvalue weighted by molar-refractivity contribution is 8.00. The lowest BCUT2D eigenvalue weighted by Gasteiger charge is -2.24. The molecule has 1 fully saturated rings. The Morgan fingerprint density at radius 2 is 2.14 bits per heavy atom. The van der Waals surface area contributed by atoms with Crippen molar-refractivity contribution in [3.05, 3.63) is 29.8 Å². The van der Waals surface area contributed by atoms with Crippen LogP contribution in [0.5, 0.6) is 0 Å². The molecule has 5 nitrogen and oxygen atoms in total. The van der Waals surface area contributed by atoms with Gasteiger partial charge in [-0.15, -0.1) is 11.8 Å². The summed E-state index contributed by atoms with van der Waals surface area (Å²) < 4.78 is 5.05. The minimum absolute atomic E-state index is 0.0562. The molecular formula is C15H20N2O3S. The van der Waals surface area contributed by atoms with Crippen LogP contribution in [0.3, 0.4) is 0 Å². The number of nitrogens with one attached hydrogen (secondary N) is 1. The van der Waals surface area contributed by atoms with E-state index < -0.39 is 0 Å². The molecule has 21 heavy (non-hydrogen) atoms. The average Bonchev–Trinajstić information content (AvgIpc) is 2.81. The lowest BCUT2D eigenvalue weighted by Crippen LogP contribution is -2.29. The largest absolute Gasteiger partial charge is 0.385 e. The first-order valence-corrected chi connectivity index (χ1v) is 7.94. The van der Waals surface area contributed by atoms with Crippen LogP contribution in [0.25, 0.3) is 0 Å². The zero-order valence-corrected chi connectivity index (χ0v) is 13.1. The van der Waals surface area contributed by atoms with E-state index in [0.29, 0.717) is 18.9 Å². The number of amides is 2. The summed E-state index contributed by atoms with van der Waals surface area (Å²) >= 11 is 1.64. The second kappa shape index (κ2) is 7.47. The molecule has 1 atom stereocenters. The Morgan fingerprint density at radius 3 is 2.76 bits per heavy atom. The number of thioether (sulfide) groups is 1. The summed E-state index contributed by atoms with van der Waals surface area (Å²) in [6.07, 6.45) is 0.837. The van der Waals surface area contributed by atoms with Crippen molar-refractivity contribution in [1.82, 2.24) is 4.90 Å². The first-order chi connectivity index (χ1) is 10.1. The summed E-state index contributed by atoms with van der Waals surface area (Å²) in [6.45, 7) is 2.84. The van der Waals surface area contributed by atoms with E-state index >= 15 is 0 Å². The molecule has 0 radical (unpaired) electrons. The number of anilines is 1. The van der Waals surface area contributed by atoms with E-state index in [-0.39, 0.29) is 17.2 Å². The number of carbonyl (C=O) groups is 2. The first kappa shape index (κ1) is 15.9. The van der Waals surface area contributed by atoms with Gasteiger partial charge in [-0.2, -0.15) is 0 Å². The Balaban J connectivity index is 2.04. The SMILES string of the molecule is COCCCN1C(=O)CSC1c1ccc(NC(C)=O)cc1. The van der Waals surface area contributed by atoms with Crippen molar-refractivity contribution in [1.29, 1.82) is 0 Å². The topological polar surface area (TPSA) is 58.6 Å². The number of rotatable bonds is 6. The van der Waals surface area contributed by atoms with Gasteiger partial charge < -0.3 is 15.0 Å². The molecule has 114 valence electrons. The minimum atomic E-state index is -0.0886. The molecule has 0 bridgehead atoms. The molecule has 1 aromatic carbocycles. The highest BCUT2D eigenvalue weighted by Gasteiger charge is 2.32. The zero-order chi connectivity index (χ0) is 15.2. The van der Waals surface area contributed by atoms with E-state index in [1.165, 1.54) is 6.92 Å². The van der Waals surface area contributed by atoms with Crippen LogP contribution >= 0.6 is 11.8 Å². The van der Waals surface area contributed by atoms with E-state index in [4.69, 9.17) is 4.74 Å². The predicted molar refractivity (Wildman–Crippen MR) is 84.2 cm³/mol. The van der Waals surface area contributed by atoms with Crippen molar-refractivity contribution in [2.45, 2.75) is 18.7 Å². The average molecular weight is 308 g/mol. The van der Waals surface area contributed by atoms with Gasteiger partial charge in [-0.25, -0.2) is 0 Å². The normalized spacial score (nSPS) is 18.1. The van der Waals surface area contributed by atoms with Crippen molar-refractivity contribution >= 4 is 29.3 Å². The molecule has 2 rings (SSSR count). The van der Waals surface area contributed by atoms with Gasteiger partial charge in [0.1, 0.15) is 5.37 Å². The summed E-state index contributed by atoms with van der Waals surface area (Å²) in [6, 6.07) is 7.66. The molecule has 0 spiro atoms. The van der Waals surface area contributed by atoms with Gasteiger partial charge in [0.25, 0.3) is 0 Å². The van der Waals surface area contributed by atoms with Crippen LogP contribution in [0.15, 0.2) is 24.3 Å². The van der Waals surface area contributed by atoms with Crippen LogP contribution in [0.2, 0.25) is 0 Å². The zero-order valence-electron chi connectivity index (χ0n) is 12.3. The van der Waals surface area contributed by atoms with Crippen molar-refractivity contribution in [3.63, 3.8) is 0 Å². The first-order valence-electron chi connectivity index (χ1n) is 6.89. The Hall–Kier alpha value is -1.53. The van der Waals surface area contributed by atoms with Crippen LogP contribution in [0.4, 0.5) is 5.69 Å². The molecule has 0 aromatic heterocycles. The van der Waals surface area contributed by atoms with E-state index in [1.54, 1.807) is 18.9 Å². The van der Waals surface area contributed by atoms with Gasteiger partial charge >= 0.3 is 0 Å². The molecular weight excluding hydrogens is 288 g/mol. The molecule has 6 heteroatoms. The van der Waals surface area contributed by atoms with Gasteiger partial charge in [0.05, 0.1) is 5.75 Å². The van der Waals surface area contributed by atoms with Gasteiger partial charge in [0.2, 0.25) is 11.8 Å². The summed E-state index contributed by atoms with van der Waals surface area (Å²) in [5.41, 5.74) is 1.85. The van der Waals surface area contributed by atoms with Crippen molar-refractivity contribution in [2.24, 2.45) is 0 Å². The van der Waals surface area contributed by atoms with Crippen molar-refractivity contribution < 1.29 is 14.3 Å². The van der Waals surface area contributed by atoms with Gasteiger partial charge in [-0.3, -0.25) is 9.59 Å². The summed E-state index contributed by atoms with van der Waals surface area (Å²) in [4.78, 5) is 24.9. The quantitative estimate of drug-likeness (QED) is 0.819. The summed E-state index contributed by atoms with van der Waals surface area (Å²) in [5, 5.41) is 2.80. The van der Waals surface area contributed by atoms with Gasteiger partial charge in [0, 0.05) is 32.9 Å². The second-order valence-electron chi connectivity index (χ2n) is 4.90. The van der Waals surface area contributed by atoms with E-state index in [9.17, 15) is 9.59 Å². The number of nitrogens with zero attached hydrogens (tertiary/aromatic N) is 1. The minimum Gasteiger partial charge on any atom is -0.385 e. The Morgan fingerprint density at radius 1 is 1.43 bits per heavy atom. The standard InChI is InChI=1S/C15H20N2O3S/c1-11(18)16-13-6-4-12(5-7-13)15-17(8-3-9-20-2)14(19)10-21-15/h4-7,15H,3,8-10H2,1-2H3,(H,16,18). The number of methoxy groups -OCH3 is 1. The molecule has 1 aliphatic heterocycles. The smallest absolute Gasteiger partial charge is 0.233 e. The van der Waals surface area contributed by atoms with Crippen molar-refractivity contribution in [2.75, 3.05) is 31.3 Å². The van der Waals surface area contributed by atoms with E-state index in [0.717, 1.165) is 17.7 Å². The maximum Gasteiger partial charge on any atom is 0.233 e. The third kappa shape index (κ3) is 4.22. The second-order valence-corrected chi connectivity index (χ2v) is 5.97. The maximum absolute atomic E-state index is 12.0. The highest BCUT2D eigenvalue weighted by atomic mass is 32.2. The predicted octanol–water partition coefficient (Wildman–Crippen LogP) is 2.26. The van der Waals surface area contributed by atoms with Crippen LogP contribution in [0, 0.1) is 0 Å². The van der Waals surface area contributed by atoms with E-state index in [2.05, 4.69) is 5.32 Å². The molecule has 2 amide bonds. The fourth-order valence-corrected chi connectivity index (χ4v) is 3.50. The van der Waals surface area contributed by atoms with Gasteiger partial charge in [-0.05, 0) is 24.1 Å². The Kier molecular flexibility index (Phi) is 5.64. The molecule has 0 saturated carbocycles. The molecule has 0 aliphatic carbocycles. The summed E-state index contributed by atoms with van der Waals surface area (Å²) in [5.74, 6) is 0.604. The Bertz CT molecular complexity index is 504. The number of ether oxygens (including phenoxy) is 1. The maximum atomic E-state index is 12.0. The molecule has 1 saturated heterocycles. The fourth-order valence-electron chi connectivity index (χ4n) is 2.29. The van der Waals surface area contributed by atoms with E-state index in [1.807, 2.05) is 29.2 Å². The molecule has 1 aliphatic rings. The molecule has 1 aromatic rings. The number of hydrogen-bond acceptors (Lipinski definition) is 4. The number of benzene rings is 1. The number of carbonyl (C=O) groups excluding carboxylic acids is 2. The third-order valence-electron chi connectivity index (χ3n) is 3.23. The Labute approximate surface area is 129 Å². The fraction of sp³-hybridized carbons (Fsp3) is 0.467. The van der Waals surface area contributed by atoms with Crippen LogP contribution in [0.1, 0.15) is 24.3 Å². The molecule has 1 heterocycles. The highest BCUT2D eigenvalue weighted by Crippen LogP contribution is 2.38. The van der Waals surface area contributed by atoms with Crippen molar-refractivity contribution in [3.8, 4) is 0 Å². The lowest BCUT2D eigenvalue weighted by molar-refractivity contribution is -0.128. The van der Waals surface area contributed by atoms with Crippen LogP contribution < -0.4 is 5.32 Å². The van der Waals surface area contributed by atoms with Crippen LogP contribution in [-0.4, -0.2) is 42.7 Å². The molecule has 1 N–H and O–H groups in total. The van der Waals surface area contributed by atoms with Gasteiger partial charge in [0.15, 0.2) is 0 Å². The van der Waals surface area contributed by atoms with Gasteiger partial charge in [-0.1, -0.05) is 12.1 Å².